The van der Waals surface area contributed by atoms with Crippen LogP contribution in [0, 0.1) is 13.7 Å². The zero-order valence-electron chi connectivity index (χ0n) is 14.4. The average molecular weight is 487 g/mol. The Labute approximate surface area is 174 Å². The smallest absolute Gasteiger partial charge is 0.270 e. The fourth-order valence-electron chi connectivity index (χ4n) is 2.48. The van der Waals surface area contributed by atoms with Gasteiger partial charge in [0.15, 0.2) is 0 Å². The predicted molar refractivity (Wildman–Crippen MR) is 115 cm³/mol. The number of hydrogen-bond donors (Lipinski definition) is 2. The first-order chi connectivity index (χ1) is 13.5. The number of benzene rings is 3. The van der Waals surface area contributed by atoms with Crippen LogP contribution in [0.4, 0.5) is 17.1 Å². The monoisotopic (exact) mass is 487 g/mol. The number of nitro groups is 1. The molecule has 8 heteroatoms. The van der Waals surface area contributed by atoms with Crippen molar-refractivity contribution in [1.29, 1.82) is 0 Å². The minimum Gasteiger partial charge on any atom is -0.320 e. The van der Waals surface area contributed by atoms with Crippen LogP contribution in [0.25, 0.3) is 0 Å². The van der Waals surface area contributed by atoms with Crippen LogP contribution in [0.2, 0.25) is 0 Å². The number of carbonyl (C=O) groups excluding carboxylic acids is 2. The Bertz CT molecular complexity index is 1050. The van der Waals surface area contributed by atoms with Crippen molar-refractivity contribution in [3.63, 3.8) is 0 Å². The molecule has 0 atom stereocenters. The molecule has 0 aliphatic heterocycles. The number of non-ortho nitro benzene ring substituents is 1. The van der Waals surface area contributed by atoms with Gasteiger partial charge < -0.3 is 10.6 Å². The minimum absolute atomic E-state index is 0.170. The number of para-hydroxylation sites is 2. The first-order valence-electron chi connectivity index (χ1n) is 8.16. The van der Waals surface area contributed by atoms with E-state index >= 15 is 0 Å². The van der Waals surface area contributed by atoms with E-state index in [9.17, 15) is 19.7 Å². The lowest BCUT2D eigenvalue weighted by molar-refractivity contribution is -0.384. The number of nitrogens with one attached hydrogen (secondary N) is 2. The summed E-state index contributed by atoms with van der Waals surface area (Å²) in [5.41, 5.74) is 1.30. The molecule has 28 heavy (non-hydrogen) atoms. The maximum atomic E-state index is 12.7. The maximum absolute atomic E-state index is 12.7. The Morgan fingerprint density at radius 3 is 2.00 bits per heavy atom. The van der Waals surface area contributed by atoms with E-state index in [0.29, 0.717) is 20.5 Å². The van der Waals surface area contributed by atoms with Crippen LogP contribution in [0.5, 0.6) is 0 Å². The minimum atomic E-state index is -0.555. The van der Waals surface area contributed by atoms with Gasteiger partial charge >= 0.3 is 0 Å². The van der Waals surface area contributed by atoms with E-state index in [0.717, 1.165) is 0 Å². The molecule has 140 valence electrons. The number of nitro benzene ring substituents is 1. The fraction of sp³-hybridized carbons (Fsp3) is 0. The largest absolute Gasteiger partial charge is 0.320 e. The van der Waals surface area contributed by atoms with Crippen molar-refractivity contribution < 1.29 is 14.5 Å². The molecule has 0 radical (unpaired) electrons. The zero-order chi connectivity index (χ0) is 20.1. The molecular formula is C20H14IN3O4. The van der Waals surface area contributed by atoms with E-state index in [2.05, 4.69) is 10.6 Å². The van der Waals surface area contributed by atoms with Crippen molar-refractivity contribution in [2.45, 2.75) is 0 Å². The van der Waals surface area contributed by atoms with E-state index in [1.54, 1.807) is 48.5 Å². The molecule has 7 nitrogen and oxygen atoms in total. The molecule has 0 heterocycles. The van der Waals surface area contributed by atoms with Crippen LogP contribution in [-0.4, -0.2) is 16.7 Å². The van der Waals surface area contributed by atoms with Crippen molar-refractivity contribution in [1.82, 2.24) is 0 Å². The Balaban J connectivity index is 1.84. The van der Waals surface area contributed by atoms with Gasteiger partial charge in [-0.3, -0.25) is 19.7 Å². The molecule has 0 aliphatic carbocycles. The molecule has 0 fully saturated rings. The topological polar surface area (TPSA) is 101 Å². The molecule has 3 aromatic carbocycles. The summed E-state index contributed by atoms with van der Waals surface area (Å²) in [6.45, 7) is 0. The van der Waals surface area contributed by atoms with Gasteiger partial charge in [-0.2, -0.15) is 0 Å². The summed E-state index contributed by atoms with van der Waals surface area (Å²) in [6, 6.07) is 19.5. The summed E-state index contributed by atoms with van der Waals surface area (Å²) in [4.78, 5) is 35.5. The van der Waals surface area contributed by atoms with Gasteiger partial charge in [-0.05, 0) is 52.9 Å². The summed E-state index contributed by atoms with van der Waals surface area (Å²) in [6.07, 6.45) is 0. The molecule has 0 spiro atoms. The summed E-state index contributed by atoms with van der Waals surface area (Å²) in [5, 5.41) is 16.5. The normalized spacial score (nSPS) is 10.2. The molecule has 2 amide bonds. The quantitative estimate of drug-likeness (QED) is 0.310. The number of nitrogens with zero attached hydrogens (tertiary/aromatic N) is 1. The Kier molecular flexibility index (Phi) is 5.99. The molecule has 0 unspecified atom stereocenters. The summed E-state index contributed by atoms with van der Waals surface area (Å²) < 4.78 is 0.575. The third kappa shape index (κ3) is 4.52. The van der Waals surface area contributed by atoms with Crippen molar-refractivity contribution in [3.8, 4) is 0 Å². The SMILES string of the molecule is O=C(Nc1ccccc1NC(=O)c1cc([N+](=O)[O-])ccc1I)c1ccccc1. The van der Waals surface area contributed by atoms with E-state index in [1.165, 1.54) is 18.2 Å². The Morgan fingerprint density at radius 2 is 1.39 bits per heavy atom. The first kappa shape index (κ1) is 19.5. The van der Waals surface area contributed by atoms with Gasteiger partial charge in [-0.1, -0.05) is 30.3 Å². The third-order valence-electron chi connectivity index (χ3n) is 3.86. The molecule has 3 aromatic rings. The standard InChI is InChI=1S/C20H14IN3O4/c21-16-11-10-14(24(27)28)12-15(16)20(26)23-18-9-5-4-8-17(18)22-19(25)13-6-2-1-3-7-13/h1-12H,(H,22,25)(H,23,26). The van der Waals surface area contributed by atoms with Crippen LogP contribution in [0.3, 0.4) is 0 Å². The van der Waals surface area contributed by atoms with Crippen LogP contribution < -0.4 is 10.6 Å². The molecule has 0 bridgehead atoms. The summed E-state index contributed by atoms with van der Waals surface area (Å²) in [7, 11) is 0. The van der Waals surface area contributed by atoms with Gasteiger partial charge in [0.25, 0.3) is 17.5 Å². The molecule has 0 aliphatic rings. The molecule has 0 saturated heterocycles. The highest BCUT2D eigenvalue weighted by Gasteiger charge is 2.17. The van der Waals surface area contributed by atoms with Gasteiger partial charge in [0.1, 0.15) is 0 Å². The highest BCUT2D eigenvalue weighted by atomic mass is 127. The second kappa shape index (κ2) is 8.61. The third-order valence-corrected chi connectivity index (χ3v) is 4.81. The second-order valence-corrected chi connectivity index (χ2v) is 6.90. The van der Waals surface area contributed by atoms with Crippen LogP contribution in [-0.2, 0) is 0 Å². The van der Waals surface area contributed by atoms with Crippen molar-refractivity contribution >= 4 is 51.5 Å². The number of amides is 2. The van der Waals surface area contributed by atoms with Crippen molar-refractivity contribution in [2.75, 3.05) is 10.6 Å². The Hall–Kier alpha value is -3.27. The van der Waals surface area contributed by atoms with Crippen LogP contribution in [0.1, 0.15) is 20.7 Å². The van der Waals surface area contributed by atoms with Gasteiger partial charge in [0.2, 0.25) is 0 Å². The predicted octanol–water partition coefficient (Wildman–Crippen LogP) is 4.70. The average Bonchev–Trinajstić information content (AvgIpc) is 2.70. The van der Waals surface area contributed by atoms with E-state index in [-0.39, 0.29) is 17.2 Å². The number of hydrogen-bond acceptors (Lipinski definition) is 4. The molecule has 2 N–H and O–H groups in total. The molecule has 3 rings (SSSR count). The Morgan fingerprint density at radius 1 is 0.821 bits per heavy atom. The molecule has 0 aromatic heterocycles. The number of carbonyl (C=O) groups is 2. The van der Waals surface area contributed by atoms with Crippen molar-refractivity contribution in [2.24, 2.45) is 0 Å². The number of anilines is 2. The summed E-state index contributed by atoms with van der Waals surface area (Å²) in [5.74, 6) is -0.818. The fourth-order valence-corrected chi connectivity index (χ4v) is 3.06. The summed E-state index contributed by atoms with van der Waals surface area (Å²) >= 11 is 1.94. The van der Waals surface area contributed by atoms with E-state index < -0.39 is 10.8 Å². The highest BCUT2D eigenvalue weighted by Crippen LogP contribution is 2.25. The first-order valence-corrected chi connectivity index (χ1v) is 9.24. The number of rotatable bonds is 5. The molecular weight excluding hydrogens is 473 g/mol. The highest BCUT2D eigenvalue weighted by molar-refractivity contribution is 14.1. The van der Waals surface area contributed by atoms with E-state index in [4.69, 9.17) is 0 Å². The lowest BCUT2D eigenvalue weighted by Gasteiger charge is -2.13. The molecule has 0 saturated carbocycles. The lowest BCUT2D eigenvalue weighted by Crippen LogP contribution is -2.17. The van der Waals surface area contributed by atoms with Gasteiger partial charge in [-0.25, -0.2) is 0 Å². The zero-order valence-corrected chi connectivity index (χ0v) is 16.5. The van der Waals surface area contributed by atoms with Crippen LogP contribution in [0.15, 0.2) is 72.8 Å². The maximum Gasteiger partial charge on any atom is 0.270 e. The lowest BCUT2D eigenvalue weighted by atomic mass is 10.1. The second-order valence-electron chi connectivity index (χ2n) is 5.74. The van der Waals surface area contributed by atoms with Crippen molar-refractivity contribution in [3.05, 3.63) is 97.6 Å². The van der Waals surface area contributed by atoms with Gasteiger partial charge in [0.05, 0.1) is 21.9 Å². The van der Waals surface area contributed by atoms with Crippen LogP contribution >= 0.6 is 22.6 Å². The number of halogens is 1. The van der Waals surface area contributed by atoms with E-state index in [1.807, 2.05) is 28.7 Å². The van der Waals surface area contributed by atoms with Gasteiger partial charge in [-0.15, -0.1) is 0 Å². The van der Waals surface area contributed by atoms with Gasteiger partial charge in [0, 0.05) is 21.3 Å².